The van der Waals surface area contributed by atoms with Gasteiger partial charge in [-0.25, -0.2) is 8.42 Å². The second-order valence-corrected chi connectivity index (χ2v) is 5.76. The van der Waals surface area contributed by atoms with Crippen LogP contribution in [-0.4, -0.2) is 33.8 Å². The first-order chi connectivity index (χ1) is 8.46. The molecular formula is C11H15N3O3S. The fourth-order valence-electron chi connectivity index (χ4n) is 1.59. The molecule has 0 bridgehead atoms. The number of benzene rings is 1. The van der Waals surface area contributed by atoms with Crippen molar-refractivity contribution in [3.63, 3.8) is 0 Å². The number of hydrogen-bond acceptors (Lipinski definition) is 4. The van der Waals surface area contributed by atoms with Crippen molar-refractivity contribution in [1.82, 2.24) is 5.32 Å². The first-order valence-corrected chi connectivity index (χ1v) is 7.37. The fourth-order valence-corrected chi connectivity index (χ4v) is 2.21. The van der Waals surface area contributed by atoms with Crippen LogP contribution in [0.25, 0.3) is 0 Å². The lowest BCUT2D eigenvalue weighted by Gasteiger charge is -2.09. The van der Waals surface area contributed by atoms with E-state index in [0.29, 0.717) is 24.0 Å². The molecule has 1 aromatic rings. The van der Waals surface area contributed by atoms with Crippen LogP contribution in [0.4, 0.5) is 11.4 Å². The van der Waals surface area contributed by atoms with Crippen LogP contribution in [0, 0.1) is 6.92 Å². The van der Waals surface area contributed by atoms with Gasteiger partial charge in [-0.2, -0.15) is 4.99 Å². The molecule has 1 aliphatic rings. The summed E-state index contributed by atoms with van der Waals surface area (Å²) >= 11 is 0. The van der Waals surface area contributed by atoms with Crippen molar-refractivity contribution < 1.29 is 13.2 Å². The third-order valence-electron chi connectivity index (χ3n) is 2.44. The van der Waals surface area contributed by atoms with E-state index in [1.54, 1.807) is 18.2 Å². The lowest BCUT2D eigenvalue weighted by atomic mass is 10.2. The highest BCUT2D eigenvalue weighted by atomic mass is 32.2. The third kappa shape index (κ3) is 3.13. The van der Waals surface area contributed by atoms with Crippen LogP contribution in [-0.2, 0) is 14.8 Å². The zero-order chi connectivity index (χ0) is 13.2. The molecule has 2 rings (SSSR count). The molecule has 0 spiro atoms. The molecule has 1 fully saturated rings. The van der Waals surface area contributed by atoms with E-state index in [4.69, 9.17) is 4.74 Å². The zero-order valence-electron chi connectivity index (χ0n) is 10.2. The molecule has 6 nitrogen and oxygen atoms in total. The van der Waals surface area contributed by atoms with Crippen molar-refractivity contribution >= 4 is 27.4 Å². The minimum atomic E-state index is -3.29. The summed E-state index contributed by atoms with van der Waals surface area (Å²) in [5.74, 6) is 0. The SMILES string of the molecule is Cc1c(/N=C2/NCCO2)cccc1NS(C)(=O)=O. The van der Waals surface area contributed by atoms with E-state index in [1.807, 2.05) is 6.92 Å². The first kappa shape index (κ1) is 12.7. The van der Waals surface area contributed by atoms with Crippen LogP contribution < -0.4 is 10.0 Å². The van der Waals surface area contributed by atoms with Crippen molar-refractivity contribution in [2.75, 3.05) is 24.1 Å². The number of nitrogens with one attached hydrogen (secondary N) is 2. The highest BCUT2D eigenvalue weighted by Crippen LogP contribution is 2.26. The minimum Gasteiger partial charge on any atom is -0.463 e. The average Bonchev–Trinajstić information content (AvgIpc) is 2.75. The molecule has 0 amide bonds. The van der Waals surface area contributed by atoms with Gasteiger partial charge >= 0.3 is 0 Å². The molecule has 1 aliphatic heterocycles. The number of nitrogens with zero attached hydrogens (tertiary/aromatic N) is 1. The average molecular weight is 269 g/mol. The molecule has 0 aliphatic carbocycles. The van der Waals surface area contributed by atoms with Crippen molar-refractivity contribution in [2.24, 2.45) is 4.99 Å². The molecule has 1 saturated heterocycles. The third-order valence-corrected chi connectivity index (χ3v) is 3.03. The Hall–Kier alpha value is -1.76. The maximum Gasteiger partial charge on any atom is 0.290 e. The van der Waals surface area contributed by atoms with Crippen molar-refractivity contribution in [2.45, 2.75) is 6.92 Å². The Kier molecular flexibility index (Phi) is 3.42. The van der Waals surface area contributed by atoms with Gasteiger partial charge in [0, 0.05) is 0 Å². The van der Waals surface area contributed by atoms with Gasteiger partial charge in [-0.15, -0.1) is 0 Å². The van der Waals surface area contributed by atoms with Gasteiger partial charge in [0.25, 0.3) is 6.02 Å². The fraction of sp³-hybridized carbons (Fsp3) is 0.364. The van der Waals surface area contributed by atoms with Crippen LogP contribution in [0.5, 0.6) is 0 Å². The summed E-state index contributed by atoms with van der Waals surface area (Å²) in [6.45, 7) is 3.14. The Morgan fingerprint density at radius 2 is 2.22 bits per heavy atom. The molecular weight excluding hydrogens is 254 g/mol. The summed E-state index contributed by atoms with van der Waals surface area (Å²) in [5, 5.41) is 2.99. The summed E-state index contributed by atoms with van der Waals surface area (Å²) < 4.78 is 30.2. The number of hydrogen-bond donors (Lipinski definition) is 2. The summed E-state index contributed by atoms with van der Waals surface area (Å²) in [5.41, 5.74) is 1.96. The van der Waals surface area contributed by atoms with Gasteiger partial charge in [0.05, 0.1) is 24.2 Å². The molecule has 2 N–H and O–H groups in total. The van der Waals surface area contributed by atoms with Crippen molar-refractivity contribution in [3.05, 3.63) is 23.8 Å². The second-order valence-electron chi connectivity index (χ2n) is 4.02. The molecule has 0 atom stereocenters. The lowest BCUT2D eigenvalue weighted by Crippen LogP contribution is -2.15. The van der Waals surface area contributed by atoms with E-state index in [1.165, 1.54) is 0 Å². The number of rotatable bonds is 3. The molecule has 7 heteroatoms. The molecule has 0 aromatic heterocycles. The van der Waals surface area contributed by atoms with Crippen LogP contribution in [0.15, 0.2) is 23.2 Å². The van der Waals surface area contributed by atoms with Gasteiger partial charge in [-0.05, 0) is 24.6 Å². The Morgan fingerprint density at radius 3 is 2.83 bits per heavy atom. The Balaban J connectivity index is 2.32. The Labute approximate surface area is 106 Å². The van der Waals surface area contributed by atoms with Gasteiger partial charge in [0.15, 0.2) is 0 Å². The molecule has 1 aromatic carbocycles. The smallest absolute Gasteiger partial charge is 0.290 e. The predicted molar refractivity (Wildman–Crippen MR) is 70.7 cm³/mol. The van der Waals surface area contributed by atoms with E-state index in [2.05, 4.69) is 15.0 Å². The topological polar surface area (TPSA) is 79.8 Å². The van der Waals surface area contributed by atoms with Crippen molar-refractivity contribution in [3.8, 4) is 0 Å². The van der Waals surface area contributed by atoms with E-state index < -0.39 is 10.0 Å². The molecule has 0 saturated carbocycles. The van der Waals surface area contributed by atoms with Crippen LogP contribution in [0.3, 0.4) is 0 Å². The van der Waals surface area contributed by atoms with Crippen LogP contribution in [0.2, 0.25) is 0 Å². The normalized spacial score (nSPS) is 17.3. The van der Waals surface area contributed by atoms with Gasteiger partial charge in [-0.1, -0.05) is 6.07 Å². The van der Waals surface area contributed by atoms with Gasteiger partial charge < -0.3 is 10.1 Å². The monoisotopic (exact) mass is 269 g/mol. The Bertz CT molecular complexity index is 573. The largest absolute Gasteiger partial charge is 0.463 e. The van der Waals surface area contributed by atoms with E-state index in [0.717, 1.165) is 18.4 Å². The molecule has 18 heavy (non-hydrogen) atoms. The maximum atomic E-state index is 11.2. The maximum absolute atomic E-state index is 11.2. The van der Waals surface area contributed by atoms with Gasteiger partial charge in [-0.3, -0.25) is 4.72 Å². The quantitative estimate of drug-likeness (QED) is 0.857. The highest BCUT2D eigenvalue weighted by molar-refractivity contribution is 7.92. The van der Waals surface area contributed by atoms with Crippen molar-refractivity contribution in [1.29, 1.82) is 0 Å². The summed E-state index contributed by atoms with van der Waals surface area (Å²) in [6, 6.07) is 5.71. The van der Waals surface area contributed by atoms with Crippen LogP contribution in [0.1, 0.15) is 5.56 Å². The van der Waals surface area contributed by atoms with E-state index in [-0.39, 0.29) is 0 Å². The Morgan fingerprint density at radius 1 is 1.44 bits per heavy atom. The second kappa shape index (κ2) is 4.85. The van der Waals surface area contributed by atoms with Gasteiger partial charge in [0.1, 0.15) is 6.61 Å². The lowest BCUT2D eigenvalue weighted by molar-refractivity contribution is 0.353. The molecule has 1 heterocycles. The summed E-state index contributed by atoms with van der Waals surface area (Å²) in [6.07, 6.45) is 1.12. The van der Waals surface area contributed by atoms with Crippen LogP contribution >= 0.6 is 0 Å². The summed E-state index contributed by atoms with van der Waals surface area (Å²) in [7, 11) is -3.29. The van der Waals surface area contributed by atoms with Gasteiger partial charge in [0.2, 0.25) is 10.0 Å². The number of ether oxygens (including phenoxy) is 1. The molecule has 0 unspecified atom stereocenters. The summed E-state index contributed by atoms with van der Waals surface area (Å²) in [4.78, 5) is 4.30. The van der Waals surface area contributed by atoms with E-state index in [9.17, 15) is 8.42 Å². The molecule has 98 valence electrons. The standard InChI is InChI=1S/C11H15N3O3S/c1-8-9(13-11-12-6-7-17-11)4-3-5-10(8)14-18(2,15)16/h3-5,14H,6-7H2,1-2H3,(H,12,13). The highest BCUT2D eigenvalue weighted by Gasteiger charge is 2.11. The zero-order valence-corrected chi connectivity index (χ0v) is 11.0. The minimum absolute atomic E-state index is 0.467. The number of amidine groups is 1. The number of anilines is 1. The number of aliphatic imine (C=N–C) groups is 1. The predicted octanol–water partition coefficient (Wildman–Crippen LogP) is 0.974. The van der Waals surface area contributed by atoms with E-state index >= 15 is 0 Å². The molecule has 0 radical (unpaired) electrons. The first-order valence-electron chi connectivity index (χ1n) is 5.48. The number of sulfonamides is 1.